The number of benzene rings is 1. The van der Waals surface area contributed by atoms with Gasteiger partial charge in [0.2, 0.25) is 0 Å². The minimum atomic E-state index is 0.163. The van der Waals surface area contributed by atoms with Crippen molar-refractivity contribution in [1.29, 1.82) is 0 Å². The fourth-order valence-electron chi connectivity index (χ4n) is 1.73. The van der Waals surface area contributed by atoms with E-state index in [0.717, 1.165) is 17.8 Å². The molecule has 0 saturated heterocycles. The molecule has 5 heteroatoms. The van der Waals surface area contributed by atoms with Gasteiger partial charge in [-0.3, -0.25) is 0 Å². The molecule has 0 atom stereocenters. The Labute approximate surface area is 100 Å². The largest absolute Gasteiger partial charge is 0.395 e. The molecule has 17 heavy (non-hydrogen) atoms. The molecule has 0 amide bonds. The van der Waals surface area contributed by atoms with Gasteiger partial charge in [0.25, 0.3) is 0 Å². The third-order valence-corrected chi connectivity index (χ3v) is 2.54. The van der Waals surface area contributed by atoms with Crippen LogP contribution in [0.5, 0.6) is 0 Å². The van der Waals surface area contributed by atoms with Gasteiger partial charge >= 0.3 is 0 Å². The molecule has 2 aromatic rings. The van der Waals surface area contributed by atoms with Crippen molar-refractivity contribution in [2.24, 2.45) is 0 Å². The first kappa shape index (κ1) is 11.8. The summed E-state index contributed by atoms with van der Waals surface area (Å²) in [6, 6.07) is 6.19. The van der Waals surface area contributed by atoms with Gasteiger partial charge in [0.1, 0.15) is 12.7 Å². The van der Waals surface area contributed by atoms with Gasteiger partial charge < -0.3 is 10.4 Å². The molecule has 0 spiro atoms. The standard InChI is InChI=1S/C12H16N4O/c1-10-6-11(7-13-4-5-17)2-3-12(10)16-9-14-8-15-16/h2-3,6,8-9,13,17H,4-5,7H2,1H3. The maximum absolute atomic E-state index is 8.69. The zero-order valence-corrected chi connectivity index (χ0v) is 9.80. The van der Waals surface area contributed by atoms with Crippen molar-refractivity contribution in [2.75, 3.05) is 13.2 Å². The van der Waals surface area contributed by atoms with Gasteiger partial charge in [0.05, 0.1) is 12.3 Å². The number of aliphatic hydroxyl groups excluding tert-OH is 1. The minimum absolute atomic E-state index is 0.163. The van der Waals surface area contributed by atoms with Gasteiger partial charge in [-0.2, -0.15) is 5.10 Å². The Morgan fingerprint density at radius 3 is 2.94 bits per heavy atom. The summed E-state index contributed by atoms with van der Waals surface area (Å²) >= 11 is 0. The van der Waals surface area contributed by atoms with Gasteiger partial charge in [0.15, 0.2) is 0 Å². The highest BCUT2D eigenvalue weighted by atomic mass is 16.3. The summed E-state index contributed by atoms with van der Waals surface area (Å²) in [6.45, 7) is 3.59. The van der Waals surface area contributed by atoms with E-state index in [0.29, 0.717) is 6.54 Å². The van der Waals surface area contributed by atoms with Crippen LogP contribution in [0.4, 0.5) is 0 Å². The van der Waals surface area contributed by atoms with E-state index in [4.69, 9.17) is 5.11 Å². The van der Waals surface area contributed by atoms with Crippen LogP contribution in [0.2, 0.25) is 0 Å². The van der Waals surface area contributed by atoms with Crippen LogP contribution in [-0.2, 0) is 6.54 Å². The zero-order valence-electron chi connectivity index (χ0n) is 9.80. The van der Waals surface area contributed by atoms with E-state index in [1.54, 1.807) is 11.0 Å². The SMILES string of the molecule is Cc1cc(CNCCO)ccc1-n1cncn1. The molecule has 2 N–H and O–H groups in total. The van der Waals surface area contributed by atoms with Crippen LogP contribution in [0.15, 0.2) is 30.9 Å². The summed E-state index contributed by atoms with van der Waals surface area (Å²) in [6.07, 6.45) is 3.21. The van der Waals surface area contributed by atoms with E-state index in [2.05, 4.69) is 21.5 Å². The summed E-state index contributed by atoms with van der Waals surface area (Å²) < 4.78 is 1.75. The average molecular weight is 232 g/mol. The number of hydrogen-bond donors (Lipinski definition) is 2. The number of rotatable bonds is 5. The van der Waals surface area contributed by atoms with Gasteiger partial charge in [-0.15, -0.1) is 0 Å². The minimum Gasteiger partial charge on any atom is -0.395 e. The number of aryl methyl sites for hydroxylation is 1. The molecule has 0 fully saturated rings. The molecule has 0 aliphatic rings. The van der Waals surface area contributed by atoms with Crippen LogP contribution in [0.3, 0.4) is 0 Å². The van der Waals surface area contributed by atoms with Crippen molar-refractivity contribution < 1.29 is 5.11 Å². The Morgan fingerprint density at radius 2 is 2.29 bits per heavy atom. The second kappa shape index (κ2) is 5.56. The van der Waals surface area contributed by atoms with E-state index in [1.807, 2.05) is 19.1 Å². The normalized spacial score (nSPS) is 10.7. The van der Waals surface area contributed by atoms with E-state index in [9.17, 15) is 0 Å². The topological polar surface area (TPSA) is 63.0 Å². The van der Waals surface area contributed by atoms with Crippen LogP contribution in [0.1, 0.15) is 11.1 Å². The van der Waals surface area contributed by atoms with Crippen molar-refractivity contribution >= 4 is 0 Å². The fourth-order valence-corrected chi connectivity index (χ4v) is 1.73. The van der Waals surface area contributed by atoms with E-state index >= 15 is 0 Å². The second-order valence-electron chi connectivity index (χ2n) is 3.86. The molecular weight excluding hydrogens is 216 g/mol. The molecular formula is C12H16N4O. The Bertz CT molecular complexity index is 467. The van der Waals surface area contributed by atoms with Gasteiger partial charge in [-0.25, -0.2) is 9.67 Å². The molecule has 2 rings (SSSR count). The summed E-state index contributed by atoms with van der Waals surface area (Å²) in [5, 5.41) is 15.9. The van der Waals surface area contributed by atoms with Crippen molar-refractivity contribution in [2.45, 2.75) is 13.5 Å². The van der Waals surface area contributed by atoms with E-state index in [1.165, 1.54) is 11.9 Å². The van der Waals surface area contributed by atoms with Gasteiger partial charge in [-0.1, -0.05) is 12.1 Å². The van der Waals surface area contributed by atoms with Crippen molar-refractivity contribution in [3.63, 3.8) is 0 Å². The van der Waals surface area contributed by atoms with Gasteiger partial charge in [-0.05, 0) is 24.1 Å². The highest BCUT2D eigenvalue weighted by Crippen LogP contribution is 2.14. The van der Waals surface area contributed by atoms with Crippen molar-refractivity contribution in [3.8, 4) is 5.69 Å². The molecule has 1 aromatic carbocycles. The van der Waals surface area contributed by atoms with E-state index in [-0.39, 0.29) is 6.61 Å². The summed E-state index contributed by atoms with van der Waals surface area (Å²) in [4.78, 5) is 3.93. The molecule has 0 bridgehead atoms. The van der Waals surface area contributed by atoms with Crippen molar-refractivity contribution in [1.82, 2.24) is 20.1 Å². The quantitative estimate of drug-likeness (QED) is 0.743. The highest BCUT2D eigenvalue weighted by molar-refractivity contribution is 5.41. The lowest BCUT2D eigenvalue weighted by atomic mass is 10.1. The first-order valence-electron chi connectivity index (χ1n) is 5.57. The number of aliphatic hydroxyl groups is 1. The fraction of sp³-hybridized carbons (Fsp3) is 0.333. The number of hydrogen-bond acceptors (Lipinski definition) is 4. The monoisotopic (exact) mass is 232 g/mol. The van der Waals surface area contributed by atoms with Crippen LogP contribution >= 0.6 is 0 Å². The molecule has 1 aromatic heterocycles. The smallest absolute Gasteiger partial charge is 0.138 e. The molecule has 0 radical (unpaired) electrons. The molecule has 5 nitrogen and oxygen atoms in total. The number of nitrogens with one attached hydrogen (secondary N) is 1. The summed E-state index contributed by atoms with van der Waals surface area (Å²) in [5.74, 6) is 0. The van der Waals surface area contributed by atoms with Crippen LogP contribution in [-0.4, -0.2) is 33.0 Å². The maximum Gasteiger partial charge on any atom is 0.138 e. The molecule has 0 aliphatic heterocycles. The Morgan fingerprint density at radius 1 is 1.41 bits per heavy atom. The highest BCUT2D eigenvalue weighted by Gasteiger charge is 2.02. The lowest BCUT2D eigenvalue weighted by molar-refractivity contribution is 0.292. The predicted octanol–water partition coefficient (Wildman–Crippen LogP) is 0.658. The van der Waals surface area contributed by atoms with E-state index < -0.39 is 0 Å². The molecule has 90 valence electrons. The third-order valence-electron chi connectivity index (χ3n) is 2.54. The third kappa shape index (κ3) is 2.89. The van der Waals surface area contributed by atoms with Crippen molar-refractivity contribution in [3.05, 3.63) is 42.0 Å². The number of nitrogens with zero attached hydrogens (tertiary/aromatic N) is 3. The Hall–Kier alpha value is -1.72. The Balaban J connectivity index is 2.12. The summed E-state index contributed by atoms with van der Waals surface area (Å²) in [5.41, 5.74) is 3.38. The average Bonchev–Trinajstić information content (AvgIpc) is 2.83. The molecule has 0 aliphatic carbocycles. The number of aromatic nitrogens is 3. The van der Waals surface area contributed by atoms with Crippen LogP contribution in [0, 0.1) is 6.92 Å². The van der Waals surface area contributed by atoms with Crippen LogP contribution in [0.25, 0.3) is 5.69 Å². The Kier molecular flexibility index (Phi) is 3.85. The lowest BCUT2D eigenvalue weighted by Crippen LogP contribution is -2.17. The molecule has 0 unspecified atom stereocenters. The maximum atomic E-state index is 8.69. The molecule has 1 heterocycles. The predicted molar refractivity (Wildman–Crippen MR) is 64.9 cm³/mol. The lowest BCUT2D eigenvalue weighted by Gasteiger charge is -2.08. The van der Waals surface area contributed by atoms with Gasteiger partial charge in [0, 0.05) is 13.1 Å². The van der Waals surface area contributed by atoms with Crippen LogP contribution < -0.4 is 5.32 Å². The molecule has 0 saturated carbocycles. The first-order valence-corrected chi connectivity index (χ1v) is 5.57. The second-order valence-corrected chi connectivity index (χ2v) is 3.86. The summed E-state index contributed by atoms with van der Waals surface area (Å²) in [7, 11) is 0. The first-order chi connectivity index (χ1) is 8.31. The zero-order chi connectivity index (χ0) is 12.1.